The highest BCUT2D eigenvalue weighted by molar-refractivity contribution is 4.83. The summed E-state index contributed by atoms with van der Waals surface area (Å²) < 4.78 is 10.7. The van der Waals surface area contributed by atoms with Crippen LogP contribution in [0, 0.1) is 10.8 Å². The van der Waals surface area contributed by atoms with Gasteiger partial charge in [0.15, 0.2) is 0 Å². The first-order valence-electron chi connectivity index (χ1n) is 7.54. The van der Waals surface area contributed by atoms with Gasteiger partial charge < -0.3 is 9.47 Å². The summed E-state index contributed by atoms with van der Waals surface area (Å²) in [5.41, 5.74) is 0.922. The maximum Gasteiger partial charge on any atom is 0.0700 e. The van der Waals surface area contributed by atoms with E-state index in [2.05, 4.69) is 20.8 Å². The first-order chi connectivity index (χ1) is 8.47. The molecular weight excluding hydrogens is 224 g/mol. The Morgan fingerprint density at radius 1 is 0.889 bits per heavy atom. The van der Waals surface area contributed by atoms with Gasteiger partial charge in [0, 0.05) is 7.11 Å². The fourth-order valence-corrected chi connectivity index (χ4v) is 2.49. The second kappa shape index (κ2) is 8.92. The molecule has 0 bridgehead atoms. The fraction of sp³-hybridized carbons (Fsp3) is 1.00. The van der Waals surface area contributed by atoms with Crippen molar-refractivity contribution in [2.45, 2.75) is 66.7 Å². The van der Waals surface area contributed by atoms with Gasteiger partial charge in [0.05, 0.1) is 19.8 Å². The number of rotatable bonds is 5. The van der Waals surface area contributed by atoms with Crippen LogP contribution in [-0.4, -0.2) is 26.9 Å². The van der Waals surface area contributed by atoms with Crippen molar-refractivity contribution in [1.29, 1.82) is 0 Å². The van der Waals surface area contributed by atoms with Gasteiger partial charge in [0.25, 0.3) is 0 Å². The van der Waals surface area contributed by atoms with E-state index >= 15 is 0 Å². The van der Waals surface area contributed by atoms with E-state index in [9.17, 15) is 0 Å². The van der Waals surface area contributed by atoms with Gasteiger partial charge in [-0.3, -0.25) is 0 Å². The molecule has 0 radical (unpaired) electrons. The van der Waals surface area contributed by atoms with Gasteiger partial charge in [0.1, 0.15) is 0 Å². The third kappa shape index (κ3) is 7.38. The Kier molecular flexibility index (Phi) is 8.89. The molecule has 0 saturated heterocycles. The number of methoxy groups -OCH3 is 1. The highest BCUT2D eigenvalue weighted by Gasteiger charge is 2.32. The standard InChI is InChI=1S/C14H28O2.C2H6/c1-13(2)6-5-7-14(3,9-8-13)12-16-11-10-15-4;1-2/h5-12H2,1-4H3;1-2H3. The first kappa shape index (κ1) is 17.9. The Hall–Kier alpha value is -0.0800. The molecule has 1 atom stereocenters. The van der Waals surface area contributed by atoms with Crippen molar-refractivity contribution in [3.8, 4) is 0 Å². The zero-order chi connectivity index (χ0) is 14.1. The predicted molar refractivity (Wildman–Crippen MR) is 79.0 cm³/mol. The number of hydrogen-bond donors (Lipinski definition) is 0. The Bertz CT molecular complexity index is 201. The van der Waals surface area contributed by atoms with Crippen LogP contribution in [0.5, 0.6) is 0 Å². The van der Waals surface area contributed by atoms with Crippen LogP contribution < -0.4 is 0 Å². The smallest absolute Gasteiger partial charge is 0.0700 e. The third-order valence-corrected chi connectivity index (χ3v) is 3.92. The second-order valence-electron chi connectivity index (χ2n) is 6.37. The molecule has 0 aliphatic heterocycles. The maximum atomic E-state index is 5.72. The molecule has 1 unspecified atom stereocenters. The van der Waals surface area contributed by atoms with Crippen LogP contribution in [0.4, 0.5) is 0 Å². The Morgan fingerprint density at radius 2 is 1.56 bits per heavy atom. The van der Waals surface area contributed by atoms with Crippen molar-refractivity contribution in [3.05, 3.63) is 0 Å². The molecule has 1 rings (SSSR count). The molecule has 0 aromatic heterocycles. The van der Waals surface area contributed by atoms with Crippen molar-refractivity contribution >= 4 is 0 Å². The summed E-state index contributed by atoms with van der Waals surface area (Å²) in [5, 5.41) is 0. The van der Waals surface area contributed by atoms with E-state index in [4.69, 9.17) is 9.47 Å². The van der Waals surface area contributed by atoms with Crippen LogP contribution in [0.3, 0.4) is 0 Å². The van der Waals surface area contributed by atoms with E-state index in [1.807, 2.05) is 13.8 Å². The van der Waals surface area contributed by atoms with Gasteiger partial charge in [-0.25, -0.2) is 0 Å². The summed E-state index contributed by atoms with van der Waals surface area (Å²) in [6, 6.07) is 0. The predicted octanol–water partition coefficient (Wildman–Crippen LogP) is 4.67. The Morgan fingerprint density at radius 3 is 2.17 bits per heavy atom. The summed E-state index contributed by atoms with van der Waals surface area (Å²) in [6.07, 6.45) is 6.64. The highest BCUT2D eigenvalue weighted by atomic mass is 16.5. The summed E-state index contributed by atoms with van der Waals surface area (Å²) in [6.45, 7) is 13.5. The monoisotopic (exact) mass is 258 g/mol. The van der Waals surface area contributed by atoms with Crippen LogP contribution in [0.1, 0.15) is 66.7 Å². The van der Waals surface area contributed by atoms with Gasteiger partial charge in [0.2, 0.25) is 0 Å². The zero-order valence-corrected chi connectivity index (χ0v) is 13.5. The van der Waals surface area contributed by atoms with E-state index in [1.165, 1.54) is 32.1 Å². The van der Waals surface area contributed by atoms with Crippen LogP contribution in [0.25, 0.3) is 0 Å². The summed E-state index contributed by atoms with van der Waals surface area (Å²) in [7, 11) is 1.72. The molecule has 2 heteroatoms. The fourth-order valence-electron chi connectivity index (χ4n) is 2.49. The Balaban J connectivity index is 0.00000137. The molecule has 0 aromatic carbocycles. The third-order valence-electron chi connectivity index (χ3n) is 3.92. The minimum absolute atomic E-state index is 0.390. The first-order valence-corrected chi connectivity index (χ1v) is 7.54. The molecule has 1 aliphatic carbocycles. The lowest BCUT2D eigenvalue weighted by Crippen LogP contribution is -2.24. The maximum absolute atomic E-state index is 5.72. The van der Waals surface area contributed by atoms with Crippen LogP contribution >= 0.6 is 0 Å². The van der Waals surface area contributed by atoms with Gasteiger partial charge in [-0.2, -0.15) is 0 Å². The van der Waals surface area contributed by atoms with Gasteiger partial charge >= 0.3 is 0 Å². The van der Waals surface area contributed by atoms with Gasteiger partial charge in [-0.1, -0.05) is 41.0 Å². The van der Waals surface area contributed by atoms with E-state index in [1.54, 1.807) is 7.11 Å². The lowest BCUT2D eigenvalue weighted by Gasteiger charge is -2.29. The topological polar surface area (TPSA) is 18.5 Å². The van der Waals surface area contributed by atoms with Gasteiger partial charge in [-0.05, 0) is 36.5 Å². The second-order valence-corrected chi connectivity index (χ2v) is 6.37. The van der Waals surface area contributed by atoms with Crippen LogP contribution in [0.15, 0.2) is 0 Å². The molecule has 0 N–H and O–H groups in total. The summed E-state index contributed by atoms with van der Waals surface area (Å²) in [4.78, 5) is 0. The van der Waals surface area contributed by atoms with E-state index in [-0.39, 0.29) is 0 Å². The van der Waals surface area contributed by atoms with E-state index < -0.39 is 0 Å². The molecule has 1 fully saturated rings. The van der Waals surface area contributed by atoms with Crippen LogP contribution in [0.2, 0.25) is 0 Å². The van der Waals surface area contributed by atoms with Crippen molar-refractivity contribution in [2.75, 3.05) is 26.9 Å². The molecule has 1 saturated carbocycles. The largest absolute Gasteiger partial charge is 0.382 e. The molecule has 18 heavy (non-hydrogen) atoms. The zero-order valence-electron chi connectivity index (χ0n) is 13.5. The molecule has 0 spiro atoms. The Labute approximate surface area is 114 Å². The van der Waals surface area contributed by atoms with Crippen molar-refractivity contribution in [3.63, 3.8) is 0 Å². The lowest BCUT2D eigenvalue weighted by molar-refractivity contribution is 0.0148. The molecule has 2 nitrogen and oxygen atoms in total. The lowest BCUT2D eigenvalue weighted by atomic mass is 9.80. The summed E-state index contributed by atoms with van der Waals surface area (Å²) in [5.74, 6) is 0. The molecule has 1 aliphatic rings. The van der Waals surface area contributed by atoms with Crippen molar-refractivity contribution in [1.82, 2.24) is 0 Å². The normalized spacial score (nSPS) is 27.0. The number of ether oxygens (including phenoxy) is 2. The minimum atomic E-state index is 0.390. The molecule has 0 heterocycles. The van der Waals surface area contributed by atoms with Gasteiger partial charge in [-0.15, -0.1) is 0 Å². The molecule has 0 amide bonds. The van der Waals surface area contributed by atoms with Crippen LogP contribution in [-0.2, 0) is 9.47 Å². The van der Waals surface area contributed by atoms with E-state index in [0.717, 1.165) is 13.2 Å². The average Bonchev–Trinajstić information content (AvgIpc) is 2.48. The number of hydrogen-bond acceptors (Lipinski definition) is 2. The SMILES string of the molecule is CC.COCCOCC1(C)CCCC(C)(C)CC1. The molecular formula is C16H34O2. The molecule has 110 valence electrons. The highest BCUT2D eigenvalue weighted by Crippen LogP contribution is 2.42. The molecule has 0 aromatic rings. The van der Waals surface area contributed by atoms with E-state index in [0.29, 0.717) is 17.4 Å². The minimum Gasteiger partial charge on any atom is -0.382 e. The quantitative estimate of drug-likeness (QED) is 0.527. The summed E-state index contributed by atoms with van der Waals surface area (Å²) >= 11 is 0. The van der Waals surface area contributed by atoms with Crippen molar-refractivity contribution < 1.29 is 9.47 Å². The van der Waals surface area contributed by atoms with Crippen molar-refractivity contribution in [2.24, 2.45) is 10.8 Å². The average molecular weight is 258 g/mol.